The molecule has 2 aromatic heterocycles. The molecule has 1 atom stereocenters. The van der Waals surface area contributed by atoms with E-state index in [9.17, 15) is 0 Å². The van der Waals surface area contributed by atoms with E-state index in [1.807, 2.05) is 24.3 Å². The molecule has 8 heteroatoms. The maximum Gasteiger partial charge on any atom is 0.205 e. The number of hydrogen-bond donors (Lipinski definition) is 0. The summed E-state index contributed by atoms with van der Waals surface area (Å²) in [5, 5.41) is 10.6. The lowest BCUT2D eigenvalue weighted by atomic mass is 10.2. The van der Waals surface area contributed by atoms with Crippen LogP contribution in [0.1, 0.15) is 50.9 Å². The number of halogens is 1. The number of unbranched alkanes of at least 4 members (excludes halogenated alkanes) is 1. The fourth-order valence-corrected chi connectivity index (χ4v) is 4.25. The summed E-state index contributed by atoms with van der Waals surface area (Å²) >= 11 is 7.69. The summed E-state index contributed by atoms with van der Waals surface area (Å²) in [5.41, 5.74) is 0.923. The summed E-state index contributed by atoms with van der Waals surface area (Å²) < 4.78 is 8.18. The molecule has 156 valence electrons. The van der Waals surface area contributed by atoms with Crippen LogP contribution in [0.3, 0.4) is 0 Å². The summed E-state index contributed by atoms with van der Waals surface area (Å²) in [7, 11) is 4.17. The van der Waals surface area contributed by atoms with Gasteiger partial charge < -0.3 is 8.98 Å². The summed E-state index contributed by atoms with van der Waals surface area (Å²) in [6.45, 7) is 5.30. The fraction of sp³-hybridized carbons (Fsp3) is 0.476. The molecule has 29 heavy (non-hydrogen) atoms. The van der Waals surface area contributed by atoms with Crippen molar-refractivity contribution >= 4 is 23.4 Å². The van der Waals surface area contributed by atoms with Gasteiger partial charge in [0.2, 0.25) is 5.89 Å². The first-order valence-electron chi connectivity index (χ1n) is 9.96. The van der Waals surface area contributed by atoms with Crippen LogP contribution in [-0.4, -0.2) is 38.7 Å². The van der Waals surface area contributed by atoms with E-state index >= 15 is 0 Å². The minimum absolute atomic E-state index is 0.255. The van der Waals surface area contributed by atoms with Crippen molar-refractivity contribution in [3.05, 3.63) is 47.2 Å². The minimum atomic E-state index is 0.255. The van der Waals surface area contributed by atoms with E-state index in [0.29, 0.717) is 16.7 Å². The van der Waals surface area contributed by atoms with Crippen LogP contribution in [0.4, 0.5) is 0 Å². The largest absolute Gasteiger partial charge is 0.440 e. The van der Waals surface area contributed by atoms with Crippen molar-refractivity contribution in [1.29, 1.82) is 0 Å². The Kier molecular flexibility index (Phi) is 7.75. The highest BCUT2D eigenvalue weighted by atomic mass is 35.5. The van der Waals surface area contributed by atoms with Crippen molar-refractivity contribution in [1.82, 2.24) is 24.6 Å². The van der Waals surface area contributed by atoms with Crippen LogP contribution in [0, 0.1) is 0 Å². The van der Waals surface area contributed by atoms with Gasteiger partial charge in [0, 0.05) is 17.1 Å². The van der Waals surface area contributed by atoms with Gasteiger partial charge in [0.1, 0.15) is 0 Å². The molecule has 0 fully saturated rings. The molecule has 0 bridgehead atoms. The normalized spacial score (nSPS) is 12.6. The van der Waals surface area contributed by atoms with Gasteiger partial charge in [-0.15, -0.1) is 10.2 Å². The predicted molar refractivity (Wildman–Crippen MR) is 118 cm³/mol. The van der Waals surface area contributed by atoms with Crippen molar-refractivity contribution in [2.45, 2.75) is 56.6 Å². The molecule has 0 saturated carbocycles. The average Bonchev–Trinajstić information content (AvgIpc) is 3.32. The van der Waals surface area contributed by atoms with Crippen LogP contribution in [-0.2, 0) is 12.3 Å². The van der Waals surface area contributed by atoms with E-state index in [0.717, 1.165) is 48.1 Å². The number of rotatable bonds is 10. The Morgan fingerprint density at radius 2 is 2.07 bits per heavy atom. The zero-order valence-electron chi connectivity index (χ0n) is 17.4. The Hall–Kier alpha value is -1.83. The molecule has 0 saturated heterocycles. The average molecular weight is 434 g/mol. The van der Waals surface area contributed by atoms with E-state index in [2.05, 4.69) is 52.6 Å². The lowest BCUT2D eigenvalue weighted by Crippen LogP contribution is -2.23. The van der Waals surface area contributed by atoms with Crippen LogP contribution >= 0.6 is 23.4 Å². The van der Waals surface area contributed by atoms with Gasteiger partial charge in [0.15, 0.2) is 16.7 Å². The summed E-state index contributed by atoms with van der Waals surface area (Å²) in [6, 6.07) is 7.84. The van der Waals surface area contributed by atoms with Gasteiger partial charge in [-0.1, -0.05) is 55.8 Å². The Morgan fingerprint density at radius 3 is 2.76 bits per heavy atom. The first kappa shape index (κ1) is 21.9. The van der Waals surface area contributed by atoms with E-state index in [-0.39, 0.29) is 6.04 Å². The molecule has 0 aliphatic rings. The van der Waals surface area contributed by atoms with Gasteiger partial charge in [0.05, 0.1) is 18.0 Å². The lowest BCUT2D eigenvalue weighted by molar-refractivity contribution is 0.270. The van der Waals surface area contributed by atoms with Gasteiger partial charge >= 0.3 is 0 Å². The zero-order valence-corrected chi connectivity index (χ0v) is 19.0. The molecule has 3 aromatic rings. The quantitative estimate of drug-likeness (QED) is 0.382. The predicted octanol–water partition coefficient (Wildman–Crippen LogP) is 5.69. The van der Waals surface area contributed by atoms with Crippen molar-refractivity contribution in [2.24, 2.45) is 0 Å². The third-order valence-electron chi connectivity index (χ3n) is 4.78. The number of oxazole rings is 1. The molecule has 1 aromatic carbocycles. The molecular weight excluding hydrogens is 406 g/mol. The summed E-state index contributed by atoms with van der Waals surface area (Å²) in [6.07, 6.45) is 4.96. The number of nitrogens with zero attached hydrogens (tertiary/aromatic N) is 5. The number of thioether (sulfide) groups is 1. The van der Waals surface area contributed by atoms with Gasteiger partial charge in [-0.05, 0) is 39.1 Å². The lowest BCUT2D eigenvalue weighted by Gasteiger charge is -2.23. The van der Waals surface area contributed by atoms with Crippen LogP contribution in [0.2, 0.25) is 5.02 Å². The second kappa shape index (κ2) is 10.3. The van der Waals surface area contributed by atoms with Crippen LogP contribution in [0.5, 0.6) is 0 Å². The van der Waals surface area contributed by atoms with Crippen molar-refractivity contribution in [2.75, 3.05) is 14.1 Å². The van der Waals surface area contributed by atoms with Crippen LogP contribution in [0.15, 0.2) is 40.0 Å². The first-order chi connectivity index (χ1) is 14.0. The maximum atomic E-state index is 6.08. The highest BCUT2D eigenvalue weighted by molar-refractivity contribution is 7.98. The third-order valence-corrected chi connectivity index (χ3v) is 5.96. The monoisotopic (exact) mass is 433 g/mol. The number of hydrogen-bond acceptors (Lipinski definition) is 6. The fourth-order valence-electron chi connectivity index (χ4n) is 3.24. The van der Waals surface area contributed by atoms with Crippen LogP contribution in [0.25, 0.3) is 11.3 Å². The Bertz CT molecular complexity index is 923. The molecule has 0 amide bonds. The van der Waals surface area contributed by atoms with Gasteiger partial charge in [-0.25, -0.2) is 4.98 Å². The molecule has 6 nitrogen and oxygen atoms in total. The molecule has 3 rings (SSSR count). The van der Waals surface area contributed by atoms with Crippen molar-refractivity contribution in [3.8, 4) is 11.3 Å². The highest BCUT2D eigenvalue weighted by Crippen LogP contribution is 2.29. The summed E-state index contributed by atoms with van der Waals surface area (Å²) in [4.78, 5) is 6.62. The van der Waals surface area contributed by atoms with E-state index in [4.69, 9.17) is 16.0 Å². The zero-order chi connectivity index (χ0) is 20.8. The molecule has 1 unspecified atom stereocenters. The summed E-state index contributed by atoms with van der Waals surface area (Å²) in [5.74, 6) is 3.01. The standard InChI is InChI=1S/C21H28ClN5OS/c1-5-7-11-27-20(17(6-2)26(3)4)24-25-21(27)29-14-19-23-13-18(28-19)15-9-8-10-16(22)12-15/h8-10,12-13,17H,5-7,11,14H2,1-4H3. The molecule has 0 N–H and O–H groups in total. The molecule has 0 aliphatic carbocycles. The molecule has 2 heterocycles. The third kappa shape index (κ3) is 5.41. The highest BCUT2D eigenvalue weighted by Gasteiger charge is 2.22. The maximum absolute atomic E-state index is 6.08. The van der Waals surface area contributed by atoms with Crippen LogP contribution < -0.4 is 0 Å². The van der Waals surface area contributed by atoms with E-state index in [1.165, 1.54) is 0 Å². The number of aromatic nitrogens is 4. The van der Waals surface area contributed by atoms with Crippen molar-refractivity contribution in [3.63, 3.8) is 0 Å². The van der Waals surface area contributed by atoms with Gasteiger partial charge in [-0.2, -0.15) is 0 Å². The second-order valence-corrected chi connectivity index (χ2v) is 8.53. The van der Waals surface area contributed by atoms with Gasteiger partial charge in [0.25, 0.3) is 0 Å². The SMILES string of the molecule is CCCCn1c(SCc2ncc(-c3cccc(Cl)c3)o2)nnc1C(CC)N(C)C. The Morgan fingerprint density at radius 1 is 1.24 bits per heavy atom. The number of benzene rings is 1. The van der Waals surface area contributed by atoms with E-state index in [1.54, 1.807) is 18.0 Å². The smallest absolute Gasteiger partial charge is 0.205 e. The minimum Gasteiger partial charge on any atom is -0.440 e. The molecule has 0 radical (unpaired) electrons. The molecular formula is C21H28ClN5OS. The molecule has 0 spiro atoms. The van der Waals surface area contributed by atoms with Crippen molar-refractivity contribution < 1.29 is 4.42 Å². The Labute approximate surface area is 181 Å². The second-order valence-electron chi connectivity index (χ2n) is 7.15. The Balaban J connectivity index is 1.75. The van der Waals surface area contributed by atoms with E-state index < -0.39 is 0 Å². The van der Waals surface area contributed by atoms with Gasteiger partial charge in [-0.3, -0.25) is 4.90 Å². The topological polar surface area (TPSA) is 60.0 Å². The molecule has 0 aliphatic heterocycles. The first-order valence-corrected chi connectivity index (χ1v) is 11.3.